The van der Waals surface area contributed by atoms with Crippen LogP contribution in [0.5, 0.6) is 0 Å². The topological polar surface area (TPSA) is 67.8 Å². The summed E-state index contributed by atoms with van der Waals surface area (Å²) in [5, 5.41) is 2.42. The number of alkyl carbamates (subject to hydrolysis) is 1. The molecule has 0 heterocycles. The average Bonchev–Trinajstić information content (AvgIpc) is 2.23. The molecule has 2 atom stereocenters. The average molecular weight is 200 g/mol. The van der Waals surface area contributed by atoms with Crippen LogP contribution in [0.4, 0.5) is 4.79 Å². The van der Waals surface area contributed by atoms with E-state index in [1.165, 1.54) is 7.11 Å². The van der Waals surface area contributed by atoms with Crippen LogP contribution in [-0.4, -0.2) is 31.9 Å². The minimum atomic E-state index is -0.648. The predicted octanol–water partition coefficient (Wildman–Crippen LogP) is 0.984. The Kier molecular flexibility index (Phi) is 5.52. The van der Waals surface area contributed by atoms with Crippen molar-refractivity contribution in [3.05, 3.63) is 0 Å². The monoisotopic (exact) mass is 200 g/mol. The molecule has 5 nitrogen and oxygen atoms in total. The van der Waals surface area contributed by atoms with Crippen LogP contribution in [0.2, 0.25) is 0 Å². The van der Waals surface area contributed by atoms with Gasteiger partial charge in [0.2, 0.25) is 0 Å². The van der Waals surface area contributed by atoms with Crippen LogP contribution in [0.25, 0.3) is 0 Å². The molecule has 0 radical (unpaired) electrons. The van der Waals surface area contributed by atoms with Crippen LogP contribution < -0.4 is 5.32 Å². The van der Waals surface area contributed by atoms with Crippen molar-refractivity contribution in [3.63, 3.8) is 0 Å². The normalized spacial score (nSPS) is 13.9. The van der Waals surface area contributed by atoms with Gasteiger partial charge in [0.1, 0.15) is 6.04 Å². The third-order valence-electron chi connectivity index (χ3n) is 2.09. The SMILES string of the molecule is C=NC(=O)C(NC(=O)OC)C(C)CC. The molecule has 80 valence electrons. The highest BCUT2D eigenvalue weighted by molar-refractivity contribution is 5.88. The van der Waals surface area contributed by atoms with Crippen molar-refractivity contribution >= 4 is 18.7 Å². The van der Waals surface area contributed by atoms with E-state index in [-0.39, 0.29) is 5.92 Å². The number of aliphatic imine (C=N–C) groups is 1. The molecule has 0 saturated heterocycles. The molecule has 1 N–H and O–H groups in total. The molecule has 0 spiro atoms. The summed E-state index contributed by atoms with van der Waals surface area (Å²) >= 11 is 0. The van der Waals surface area contributed by atoms with E-state index in [9.17, 15) is 9.59 Å². The van der Waals surface area contributed by atoms with Gasteiger partial charge >= 0.3 is 6.09 Å². The number of nitrogens with one attached hydrogen (secondary N) is 1. The van der Waals surface area contributed by atoms with Crippen molar-refractivity contribution in [2.75, 3.05) is 7.11 Å². The zero-order chi connectivity index (χ0) is 11.1. The Morgan fingerprint density at radius 3 is 2.50 bits per heavy atom. The molecular formula is C9H16N2O3. The Hall–Kier alpha value is -1.39. The lowest BCUT2D eigenvalue weighted by molar-refractivity contribution is -0.120. The maximum atomic E-state index is 11.3. The highest BCUT2D eigenvalue weighted by Gasteiger charge is 2.25. The number of ether oxygens (including phenoxy) is 1. The number of hydrogen-bond acceptors (Lipinski definition) is 3. The maximum absolute atomic E-state index is 11.3. The van der Waals surface area contributed by atoms with Crippen LogP contribution in [0, 0.1) is 5.92 Å². The first-order chi connectivity index (χ1) is 6.56. The van der Waals surface area contributed by atoms with E-state index >= 15 is 0 Å². The van der Waals surface area contributed by atoms with Crippen molar-refractivity contribution in [1.82, 2.24) is 5.32 Å². The zero-order valence-corrected chi connectivity index (χ0v) is 8.74. The Morgan fingerprint density at radius 1 is 1.57 bits per heavy atom. The van der Waals surface area contributed by atoms with Crippen molar-refractivity contribution in [2.24, 2.45) is 10.9 Å². The van der Waals surface area contributed by atoms with Crippen molar-refractivity contribution in [2.45, 2.75) is 26.3 Å². The van der Waals surface area contributed by atoms with Crippen molar-refractivity contribution in [1.29, 1.82) is 0 Å². The predicted molar refractivity (Wildman–Crippen MR) is 53.3 cm³/mol. The van der Waals surface area contributed by atoms with Gasteiger partial charge < -0.3 is 10.1 Å². The third kappa shape index (κ3) is 3.55. The van der Waals surface area contributed by atoms with Crippen LogP contribution in [0.3, 0.4) is 0 Å². The molecule has 0 fully saturated rings. The summed E-state index contributed by atoms with van der Waals surface area (Å²) in [5.41, 5.74) is 0. The van der Waals surface area contributed by atoms with E-state index in [1.807, 2.05) is 13.8 Å². The molecule has 0 aliphatic heterocycles. The van der Waals surface area contributed by atoms with Crippen molar-refractivity contribution < 1.29 is 14.3 Å². The largest absolute Gasteiger partial charge is 0.453 e. The van der Waals surface area contributed by atoms with Gasteiger partial charge in [0.25, 0.3) is 5.91 Å². The quantitative estimate of drug-likeness (QED) is 0.688. The number of hydrogen-bond donors (Lipinski definition) is 1. The lowest BCUT2D eigenvalue weighted by Crippen LogP contribution is -2.44. The molecule has 0 rings (SSSR count). The summed E-state index contributed by atoms with van der Waals surface area (Å²) in [7, 11) is 1.24. The van der Waals surface area contributed by atoms with E-state index < -0.39 is 18.0 Å². The van der Waals surface area contributed by atoms with E-state index in [4.69, 9.17) is 0 Å². The van der Waals surface area contributed by atoms with Gasteiger partial charge in [-0.1, -0.05) is 20.3 Å². The minimum absolute atomic E-state index is 0.00657. The van der Waals surface area contributed by atoms with Crippen LogP contribution >= 0.6 is 0 Å². The molecule has 2 amide bonds. The first-order valence-corrected chi connectivity index (χ1v) is 4.41. The van der Waals surface area contributed by atoms with Crippen LogP contribution in [-0.2, 0) is 9.53 Å². The Balaban J connectivity index is 4.47. The van der Waals surface area contributed by atoms with Gasteiger partial charge in [-0.2, -0.15) is 0 Å². The first-order valence-electron chi connectivity index (χ1n) is 4.41. The smallest absolute Gasteiger partial charge is 0.407 e. The molecule has 0 saturated carbocycles. The van der Waals surface area contributed by atoms with Gasteiger partial charge in [-0.05, 0) is 12.6 Å². The molecule has 0 aromatic carbocycles. The second-order valence-corrected chi connectivity index (χ2v) is 3.00. The second-order valence-electron chi connectivity index (χ2n) is 3.00. The molecule has 0 bridgehead atoms. The molecule has 0 aromatic rings. The highest BCUT2D eigenvalue weighted by Crippen LogP contribution is 2.09. The minimum Gasteiger partial charge on any atom is -0.453 e. The zero-order valence-electron chi connectivity index (χ0n) is 8.74. The number of nitrogens with zero attached hydrogens (tertiary/aromatic N) is 1. The number of carbonyl (C=O) groups is 2. The van der Waals surface area contributed by atoms with Gasteiger partial charge in [-0.3, -0.25) is 4.79 Å². The Labute approximate surface area is 83.5 Å². The summed E-state index contributed by atoms with van der Waals surface area (Å²) in [6, 6.07) is -0.648. The standard InChI is InChI=1S/C9H16N2O3/c1-5-6(2)7(8(12)10-3)11-9(13)14-4/h6-7H,3,5H2,1-2,4H3,(H,11,13). The van der Waals surface area contributed by atoms with Gasteiger partial charge in [-0.25, -0.2) is 9.79 Å². The first kappa shape index (κ1) is 12.6. The van der Waals surface area contributed by atoms with Gasteiger partial charge in [0.05, 0.1) is 7.11 Å². The summed E-state index contributed by atoms with van der Waals surface area (Å²) in [6.45, 7) is 6.91. The fourth-order valence-corrected chi connectivity index (χ4v) is 0.967. The van der Waals surface area contributed by atoms with Gasteiger partial charge in [0.15, 0.2) is 0 Å². The molecule has 0 aromatic heterocycles. The Bertz CT molecular complexity index is 228. The summed E-state index contributed by atoms with van der Waals surface area (Å²) in [6.07, 6.45) is 0.128. The van der Waals surface area contributed by atoms with E-state index in [1.54, 1.807) is 0 Å². The van der Waals surface area contributed by atoms with Crippen LogP contribution in [0.15, 0.2) is 4.99 Å². The van der Waals surface area contributed by atoms with Crippen LogP contribution in [0.1, 0.15) is 20.3 Å². The van der Waals surface area contributed by atoms with Gasteiger partial charge in [-0.15, -0.1) is 0 Å². The van der Waals surface area contributed by atoms with E-state index in [0.29, 0.717) is 0 Å². The summed E-state index contributed by atoms with van der Waals surface area (Å²) in [5.74, 6) is -0.433. The van der Waals surface area contributed by atoms with E-state index in [0.717, 1.165) is 6.42 Å². The summed E-state index contributed by atoms with van der Waals surface area (Å²) in [4.78, 5) is 25.5. The molecule has 5 heteroatoms. The molecule has 0 aliphatic carbocycles. The van der Waals surface area contributed by atoms with Gasteiger partial charge in [0, 0.05) is 0 Å². The fraction of sp³-hybridized carbons (Fsp3) is 0.667. The molecule has 2 unspecified atom stereocenters. The number of carbonyl (C=O) groups excluding carboxylic acids is 2. The molecule has 0 aliphatic rings. The fourth-order valence-electron chi connectivity index (χ4n) is 0.967. The lowest BCUT2D eigenvalue weighted by Gasteiger charge is -2.19. The number of amides is 2. The number of rotatable bonds is 4. The van der Waals surface area contributed by atoms with Crippen molar-refractivity contribution in [3.8, 4) is 0 Å². The second kappa shape index (κ2) is 6.12. The molecular weight excluding hydrogens is 184 g/mol. The maximum Gasteiger partial charge on any atom is 0.407 e. The lowest BCUT2D eigenvalue weighted by atomic mass is 9.99. The Morgan fingerprint density at radius 2 is 2.14 bits per heavy atom. The molecule has 14 heavy (non-hydrogen) atoms. The number of methoxy groups -OCH3 is 1. The summed E-state index contributed by atoms with van der Waals surface area (Å²) < 4.78 is 4.41. The highest BCUT2D eigenvalue weighted by atomic mass is 16.5. The van der Waals surface area contributed by atoms with E-state index in [2.05, 4.69) is 21.8 Å². The third-order valence-corrected chi connectivity index (χ3v) is 2.09.